The first-order chi connectivity index (χ1) is 15.4. The standard InChI is InChI=1S/C23H32N6O3/c1-29(2)20-13-14-24-22(28-20)25-17-9-11-18(12-10-17)26-23(31)27-19(21(30)32-3)15-16-7-5-4-6-8-16/h4-8,13-14,17-19H,9-12,15H2,1-3H3,(H,24,25,28)(H2,26,27,31)/t17-,18+,19?. The van der Waals surface area contributed by atoms with E-state index in [0.29, 0.717) is 12.4 Å². The van der Waals surface area contributed by atoms with Crippen LogP contribution in [-0.2, 0) is 16.0 Å². The second-order valence-corrected chi connectivity index (χ2v) is 8.21. The maximum absolute atomic E-state index is 12.5. The molecule has 1 heterocycles. The number of nitrogens with one attached hydrogen (secondary N) is 3. The van der Waals surface area contributed by atoms with E-state index in [1.54, 1.807) is 6.20 Å². The number of nitrogens with zero attached hydrogens (tertiary/aromatic N) is 3. The molecule has 1 aliphatic rings. The van der Waals surface area contributed by atoms with Gasteiger partial charge in [-0.1, -0.05) is 30.3 Å². The van der Waals surface area contributed by atoms with E-state index in [1.165, 1.54) is 7.11 Å². The molecule has 3 N–H and O–H groups in total. The number of urea groups is 1. The zero-order valence-corrected chi connectivity index (χ0v) is 18.9. The van der Waals surface area contributed by atoms with Gasteiger partial charge in [-0.15, -0.1) is 0 Å². The summed E-state index contributed by atoms with van der Waals surface area (Å²) < 4.78 is 4.86. The molecule has 1 aromatic heterocycles. The molecule has 0 spiro atoms. The van der Waals surface area contributed by atoms with Gasteiger partial charge in [-0.25, -0.2) is 14.6 Å². The van der Waals surface area contributed by atoms with Gasteiger partial charge in [0.1, 0.15) is 11.9 Å². The summed E-state index contributed by atoms with van der Waals surface area (Å²) in [4.78, 5) is 35.4. The zero-order chi connectivity index (χ0) is 22.9. The van der Waals surface area contributed by atoms with Crippen molar-refractivity contribution in [2.24, 2.45) is 0 Å². The van der Waals surface area contributed by atoms with E-state index in [4.69, 9.17) is 4.74 Å². The van der Waals surface area contributed by atoms with Crippen LogP contribution in [0.1, 0.15) is 31.2 Å². The van der Waals surface area contributed by atoms with Crippen LogP contribution in [0.25, 0.3) is 0 Å². The lowest BCUT2D eigenvalue weighted by Crippen LogP contribution is -2.51. The first-order valence-corrected chi connectivity index (χ1v) is 10.9. The minimum Gasteiger partial charge on any atom is -0.467 e. The van der Waals surface area contributed by atoms with Crippen LogP contribution in [0.5, 0.6) is 0 Å². The molecule has 2 amide bonds. The molecule has 1 unspecified atom stereocenters. The lowest BCUT2D eigenvalue weighted by Gasteiger charge is -2.30. The third-order valence-electron chi connectivity index (χ3n) is 5.57. The monoisotopic (exact) mass is 440 g/mol. The molecule has 1 saturated carbocycles. The molecule has 9 heteroatoms. The number of benzene rings is 1. The van der Waals surface area contributed by atoms with Crippen LogP contribution in [0.2, 0.25) is 0 Å². The minimum absolute atomic E-state index is 0.0529. The molecule has 0 saturated heterocycles. The number of ether oxygens (including phenoxy) is 1. The normalized spacial score (nSPS) is 18.8. The van der Waals surface area contributed by atoms with E-state index >= 15 is 0 Å². The predicted molar refractivity (Wildman–Crippen MR) is 124 cm³/mol. The van der Waals surface area contributed by atoms with Gasteiger partial charge in [0, 0.05) is 38.8 Å². The number of aromatic nitrogens is 2. The Labute approximate surface area is 189 Å². The van der Waals surface area contributed by atoms with Crippen molar-refractivity contribution >= 4 is 23.8 Å². The number of amides is 2. The second kappa shape index (κ2) is 11.3. The molecule has 3 rings (SSSR count). The van der Waals surface area contributed by atoms with Gasteiger partial charge in [-0.05, 0) is 37.3 Å². The van der Waals surface area contributed by atoms with Crippen LogP contribution in [0.3, 0.4) is 0 Å². The summed E-state index contributed by atoms with van der Waals surface area (Å²) in [6.45, 7) is 0. The van der Waals surface area contributed by atoms with Gasteiger partial charge in [0.25, 0.3) is 0 Å². The van der Waals surface area contributed by atoms with Crippen molar-refractivity contribution in [2.45, 2.75) is 50.2 Å². The minimum atomic E-state index is -0.735. The molecule has 1 aromatic carbocycles. The third-order valence-corrected chi connectivity index (χ3v) is 5.57. The fraction of sp³-hybridized carbons (Fsp3) is 0.478. The maximum Gasteiger partial charge on any atom is 0.328 e. The molecule has 9 nitrogen and oxygen atoms in total. The van der Waals surface area contributed by atoms with Gasteiger partial charge in [0.05, 0.1) is 7.11 Å². The number of carbonyl (C=O) groups is 2. The number of carbonyl (C=O) groups excluding carboxylic acids is 2. The Hall–Kier alpha value is -3.36. The third kappa shape index (κ3) is 6.83. The van der Waals surface area contributed by atoms with Crippen LogP contribution in [0.4, 0.5) is 16.6 Å². The number of esters is 1. The van der Waals surface area contributed by atoms with Crippen LogP contribution in [0, 0.1) is 0 Å². The zero-order valence-electron chi connectivity index (χ0n) is 18.9. The summed E-state index contributed by atoms with van der Waals surface area (Å²) in [6.07, 6.45) is 5.58. The number of methoxy groups -OCH3 is 1. The molecule has 1 aliphatic carbocycles. The summed E-state index contributed by atoms with van der Waals surface area (Å²) in [5, 5.41) is 9.16. The van der Waals surface area contributed by atoms with Crippen molar-refractivity contribution in [3.05, 3.63) is 48.2 Å². The van der Waals surface area contributed by atoms with Crippen LogP contribution in [-0.4, -0.2) is 61.3 Å². The Morgan fingerprint density at radius 3 is 2.44 bits per heavy atom. The van der Waals surface area contributed by atoms with E-state index in [1.807, 2.05) is 55.4 Å². The molecule has 32 heavy (non-hydrogen) atoms. The van der Waals surface area contributed by atoms with Crippen molar-refractivity contribution in [3.8, 4) is 0 Å². The first-order valence-electron chi connectivity index (χ1n) is 10.9. The average molecular weight is 441 g/mol. The topological polar surface area (TPSA) is 108 Å². The van der Waals surface area contributed by atoms with E-state index < -0.39 is 12.0 Å². The highest BCUT2D eigenvalue weighted by atomic mass is 16.5. The number of anilines is 2. The van der Waals surface area contributed by atoms with Gasteiger partial charge >= 0.3 is 12.0 Å². The van der Waals surface area contributed by atoms with Gasteiger partial charge in [-0.3, -0.25) is 0 Å². The van der Waals surface area contributed by atoms with E-state index in [0.717, 1.165) is 37.1 Å². The largest absolute Gasteiger partial charge is 0.467 e. The molecule has 2 aromatic rings. The summed E-state index contributed by atoms with van der Waals surface area (Å²) in [5.41, 5.74) is 0.954. The fourth-order valence-corrected chi connectivity index (χ4v) is 3.80. The Bertz CT molecular complexity index is 884. The first kappa shape index (κ1) is 23.3. The summed E-state index contributed by atoms with van der Waals surface area (Å²) >= 11 is 0. The van der Waals surface area contributed by atoms with Crippen molar-refractivity contribution < 1.29 is 14.3 Å². The average Bonchev–Trinajstić information content (AvgIpc) is 2.80. The lowest BCUT2D eigenvalue weighted by molar-refractivity contribution is -0.142. The Balaban J connectivity index is 1.46. The second-order valence-electron chi connectivity index (χ2n) is 8.21. The van der Waals surface area contributed by atoms with Crippen LogP contribution in [0.15, 0.2) is 42.6 Å². The summed E-state index contributed by atoms with van der Waals surface area (Å²) in [7, 11) is 5.21. The SMILES string of the molecule is COC(=O)C(Cc1ccccc1)NC(=O)N[C@H]1CC[C@@H](Nc2nccc(N(C)C)n2)CC1. The van der Waals surface area contributed by atoms with Gasteiger partial charge in [0.15, 0.2) is 0 Å². The van der Waals surface area contributed by atoms with E-state index in [9.17, 15) is 9.59 Å². The Morgan fingerprint density at radius 1 is 1.09 bits per heavy atom. The quantitative estimate of drug-likeness (QED) is 0.541. The lowest BCUT2D eigenvalue weighted by atomic mass is 9.91. The molecule has 0 aliphatic heterocycles. The Kier molecular flexibility index (Phi) is 8.24. The van der Waals surface area contributed by atoms with E-state index in [-0.39, 0.29) is 18.1 Å². The molecule has 1 fully saturated rings. The molecule has 1 atom stereocenters. The molecular weight excluding hydrogens is 408 g/mol. The maximum atomic E-state index is 12.5. The van der Waals surface area contributed by atoms with Crippen molar-refractivity contribution in [1.82, 2.24) is 20.6 Å². The van der Waals surface area contributed by atoms with Gasteiger partial charge in [0.2, 0.25) is 5.95 Å². The highest BCUT2D eigenvalue weighted by Gasteiger charge is 2.26. The number of rotatable bonds is 8. The predicted octanol–water partition coefficient (Wildman–Crippen LogP) is 2.35. The van der Waals surface area contributed by atoms with Gasteiger partial charge < -0.3 is 25.6 Å². The fourth-order valence-electron chi connectivity index (χ4n) is 3.80. The van der Waals surface area contributed by atoms with Crippen LogP contribution < -0.4 is 20.9 Å². The summed E-state index contributed by atoms with van der Waals surface area (Å²) in [6, 6.07) is 10.6. The smallest absolute Gasteiger partial charge is 0.328 e. The Morgan fingerprint density at radius 2 is 1.78 bits per heavy atom. The highest BCUT2D eigenvalue weighted by molar-refractivity contribution is 5.83. The van der Waals surface area contributed by atoms with Crippen molar-refractivity contribution in [2.75, 3.05) is 31.4 Å². The highest BCUT2D eigenvalue weighted by Crippen LogP contribution is 2.21. The van der Waals surface area contributed by atoms with E-state index in [2.05, 4.69) is 25.9 Å². The van der Waals surface area contributed by atoms with Crippen molar-refractivity contribution in [1.29, 1.82) is 0 Å². The number of hydrogen-bond acceptors (Lipinski definition) is 7. The number of hydrogen-bond donors (Lipinski definition) is 3. The molecule has 0 bridgehead atoms. The molecule has 0 radical (unpaired) electrons. The van der Waals surface area contributed by atoms with Crippen molar-refractivity contribution in [3.63, 3.8) is 0 Å². The summed E-state index contributed by atoms with van der Waals surface area (Å²) in [5.74, 6) is 1.01. The molecular formula is C23H32N6O3. The molecule has 172 valence electrons. The van der Waals surface area contributed by atoms with Crippen LogP contribution >= 0.6 is 0 Å². The van der Waals surface area contributed by atoms with Gasteiger partial charge in [-0.2, -0.15) is 4.98 Å².